The molecule has 0 unspecified atom stereocenters. The summed E-state index contributed by atoms with van der Waals surface area (Å²) in [7, 11) is 0. The van der Waals surface area contributed by atoms with Crippen molar-refractivity contribution >= 4 is 49.3 Å². The third-order valence-electron chi connectivity index (χ3n) is 9.99. The van der Waals surface area contributed by atoms with Gasteiger partial charge in [0.25, 0.3) is 0 Å². The molecule has 0 atom stereocenters. The summed E-state index contributed by atoms with van der Waals surface area (Å²) in [6.45, 7) is 0. The molecular formula is C46H30N4. The molecule has 234 valence electrons. The first-order valence-corrected chi connectivity index (χ1v) is 17.1. The van der Waals surface area contributed by atoms with Gasteiger partial charge in [-0.15, -0.1) is 0 Å². The van der Waals surface area contributed by atoms with Gasteiger partial charge in [0.2, 0.25) is 0 Å². The van der Waals surface area contributed by atoms with Gasteiger partial charge in [-0.1, -0.05) is 127 Å². The molecule has 4 nitrogen and oxygen atoms in total. The predicted molar refractivity (Wildman–Crippen MR) is 207 cm³/mol. The van der Waals surface area contributed by atoms with E-state index in [1.807, 2.05) is 24.4 Å². The van der Waals surface area contributed by atoms with E-state index < -0.39 is 0 Å². The Hall–Kier alpha value is -6.52. The molecule has 0 N–H and O–H groups in total. The molecule has 0 saturated heterocycles. The molecule has 1 aliphatic rings. The zero-order chi connectivity index (χ0) is 33.0. The maximum atomic E-state index is 5.30. The Morgan fingerprint density at radius 1 is 0.440 bits per heavy atom. The van der Waals surface area contributed by atoms with Crippen LogP contribution in [-0.2, 0) is 6.42 Å². The van der Waals surface area contributed by atoms with E-state index in [1.165, 1.54) is 27.3 Å². The lowest BCUT2D eigenvalue weighted by Crippen LogP contribution is -2.03. The minimum atomic E-state index is 0.645. The van der Waals surface area contributed by atoms with E-state index in [0.29, 0.717) is 17.5 Å². The summed E-state index contributed by atoms with van der Waals surface area (Å²) in [5.41, 5.74) is 8.74. The molecular weight excluding hydrogens is 609 g/mol. The van der Waals surface area contributed by atoms with Crippen LogP contribution in [0.3, 0.4) is 0 Å². The van der Waals surface area contributed by atoms with Gasteiger partial charge in [0.05, 0.1) is 5.52 Å². The van der Waals surface area contributed by atoms with Crippen molar-refractivity contribution < 1.29 is 0 Å². The van der Waals surface area contributed by atoms with Gasteiger partial charge in [-0.3, -0.25) is 4.98 Å². The van der Waals surface area contributed by atoms with E-state index in [0.717, 1.165) is 67.7 Å². The number of hydrogen-bond donors (Lipinski definition) is 0. The molecule has 2 aromatic heterocycles. The molecule has 4 heteroatoms. The van der Waals surface area contributed by atoms with Crippen LogP contribution in [-0.4, -0.2) is 19.9 Å². The third-order valence-corrected chi connectivity index (χ3v) is 9.99. The lowest BCUT2D eigenvalue weighted by atomic mass is 9.89. The summed E-state index contributed by atoms with van der Waals surface area (Å²) in [5.74, 6) is 1.99. The highest BCUT2D eigenvalue weighted by Crippen LogP contribution is 2.38. The van der Waals surface area contributed by atoms with Crippen molar-refractivity contribution in [2.75, 3.05) is 0 Å². The van der Waals surface area contributed by atoms with Crippen molar-refractivity contribution in [2.45, 2.75) is 12.8 Å². The standard InChI is InChI=1S/C46H30N4/c1-4-14-35-31(11-1)26-41(39-18-8-6-16-37(35)39)45-48-44(30-23-21-29(22-24-30)34-25-33-13-3-10-20-43(33)47-28-34)49-46(50-45)42-27-32-12-2-5-15-36(32)38-17-7-9-19-40(38)42/h1,3-11,13-28H,2,12H2. The minimum Gasteiger partial charge on any atom is -0.256 e. The number of aromatic nitrogens is 4. The minimum absolute atomic E-state index is 0.645. The summed E-state index contributed by atoms with van der Waals surface area (Å²) in [4.78, 5) is 20.4. The Kier molecular flexibility index (Phi) is 6.59. The smallest absolute Gasteiger partial charge is 0.164 e. The van der Waals surface area contributed by atoms with Crippen LogP contribution in [0.15, 0.2) is 152 Å². The van der Waals surface area contributed by atoms with Gasteiger partial charge in [-0.25, -0.2) is 15.0 Å². The molecule has 0 saturated carbocycles. The molecule has 2 heterocycles. The predicted octanol–water partition coefficient (Wildman–Crippen LogP) is 11.5. The summed E-state index contributed by atoms with van der Waals surface area (Å²) in [5, 5.41) is 8.17. The van der Waals surface area contributed by atoms with Gasteiger partial charge in [-0.05, 0) is 86.1 Å². The summed E-state index contributed by atoms with van der Waals surface area (Å²) in [6.07, 6.45) is 8.51. The number of nitrogens with zero attached hydrogens (tertiary/aromatic N) is 4. The number of fused-ring (bicyclic) bond motifs is 7. The fourth-order valence-electron chi connectivity index (χ4n) is 7.51. The Bertz CT molecular complexity index is 2820. The maximum Gasteiger partial charge on any atom is 0.164 e. The van der Waals surface area contributed by atoms with Crippen LogP contribution in [0.5, 0.6) is 0 Å². The SMILES string of the molecule is C1=Cc2c(cc(-c3nc(-c4ccc(-c5cnc6ccccc6c5)cc4)nc(-c4cc5ccccc5c5ccccc45)n3)c3ccccc23)CC1. The Morgan fingerprint density at radius 3 is 1.84 bits per heavy atom. The lowest BCUT2D eigenvalue weighted by Gasteiger charge is -2.17. The second-order valence-electron chi connectivity index (χ2n) is 13.0. The number of rotatable bonds is 4. The number of aryl methyl sites for hydroxylation is 1. The van der Waals surface area contributed by atoms with E-state index in [9.17, 15) is 0 Å². The van der Waals surface area contributed by atoms with Gasteiger partial charge in [0.1, 0.15) is 0 Å². The quantitative estimate of drug-likeness (QED) is 0.180. The van der Waals surface area contributed by atoms with Gasteiger partial charge >= 0.3 is 0 Å². The molecule has 1 aliphatic carbocycles. The number of pyridine rings is 1. The average Bonchev–Trinajstić information content (AvgIpc) is 3.20. The molecule has 0 fully saturated rings. The normalized spacial score (nSPS) is 12.6. The van der Waals surface area contributed by atoms with Crippen molar-refractivity contribution in [2.24, 2.45) is 0 Å². The van der Waals surface area contributed by atoms with E-state index in [-0.39, 0.29) is 0 Å². The first-order valence-electron chi connectivity index (χ1n) is 17.1. The number of para-hydroxylation sites is 1. The molecule has 0 amide bonds. The summed E-state index contributed by atoms with van der Waals surface area (Å²) < 4.78 is 0. The van der Waals surface area contributed by atoms with E-state index in [1.54, 1.807) is 0 Å². The highest BCUT2D eigenvalue weighted by atomic mass is 15.0. The van der Waals surface area contributed by atoms with Crippen LogP contribution in [0, 0.1) is 0 Å². The van der Waals surface area contributed by atoms with Crippen LogP contribution >= 0.6 is 0 Å². The highest BCUT2D eigenvalue weighted by Gasteiger charge is 2.20. The van der Waals surface area contributed by atoms with Crippen molar-refractivity contribution in [3.63, 3.8) is 0 Å². The summed E-state index contributed by atoms with van der Waals surface area (Å²) >= 11 is 0. The highest BCUT2D eigenvalue weighted by molar-refractivity contribution is 6.13. The largest absolute Gasteiger partial charge is 0.256 e. The van der Waals surface area contributed by atoms with E-state index >= 15 is 0 Å². The monoisotopic (exact) mass is 638 g/mol. The zero-order valence-corrected chi connectivity index (χ0v) is 27.2. The Balaban J connectivity index is 1.19. The molecule has 0 radical (unpaired) electrons. The van der Waals surface area contributed by atoms with E-state index in [2.05, 4.69) is 133 Å². The fraction of sp³-hybridized carbons (Fsp3) is 0.0435. The Labute approximate surface area is 289 Å². The Morgan fingerprint density at radius 2 is 1.04 bits per heavy atom. The van der Waals surface area contributed by atoms with Crippen molar-refractivity contribution in [1.82, 2.24) is 19.9 Å². The van der Waals surface area contributed by atoms with Crippen molar-refractivity contribution in [3.05, 3.63) is 163 Å². The first kappa shape index (κ1) is 28.5. The van der Waals surface area contributed by atoms with Crippen molar-refractivity contribution in [1.29, 1.82) is 0 Å². The van der Waals surface area contributed by atoms with Crippen LogP contribution in [0.25, 0.3) is 94.6 Å². The molecule has 9 aromatic rings. The molecule has 0 spiro atoms. The second-order valence-corrected chi connectivity index (χ2v) is 13.0. The first-order chi connectivity index (χ1) is 24.8. The maximum absolute atomic E-state index is 5.30. The van der Waals surface area contributed by atoms with Crippen LogP contribution in [0.1, 0.15) is 17.5 Å². The molecule has 10 rings (SSSR count). The van der Waals surface area contributed by atoms with Gasteiger partial charge in [-0.2, -0.15) is 0 Å². The average molecular weight is 639 g/mol. The molecule has 0 aliphatic heterocycles. The van der Waals surface area contributed by atoms with Gasteiger partial charge < -0.3 is 0 Å². The zero-order valence-electron chi connectivity index (χ0n) is 27.2. The molecule has 50 heavy (non-hydrogen) atoms. The van der Waals surface area contributed by atoms with Gasteiger partial charge in [0.15, 0.2) is 17.5 Å². The fourth-order valence-corrected chi connectivity index (χ4v) is 7.51. The number of allylic oxidation sites excluding steroid dienone is 1. The van der Waals surface area contributed by atoms with Gasteiger partial charge in [0, 0.05) is 33.8 Å². The van der Waals surface area contributed by atoms with Crippen LogP contribution in [0.4, 0.5) is 0 Å². The molecule has 7 aromatic carbocycles. The van der Waals surface area contributed by atoms with Crippen molar-refractivity contribution in [3.8, 4) is 45.3 Å². The van der Waals surface area contributed by atoms with Crippen LogP contribution < -0.4 is 0 Å². The molecule has 0 bridgehead atoms. The van der Waals surface area contributed by atoms with Crippen LogP contribution in [0.2, 0.25) is 0 Å². The third kappa shape index (κ3) is 4.76. The number of hydrogen-bond acceptors (Lipinski definition) is 4. The number of benzene rings is 7. The second kappa shape index (κ2) is 11.6. The summed E-state index contributed by atoms with van der Waals surface area (Å²) in [6, 6.07) is 49.2. The van der Waals surface area contributed by atoms with E-state index in [4.69, 9.17) is 19.9 Å². The lowest BCUT2D eigenvalue weighted by molar-refractivity contribution is 0.988. The topological polar surface area (TPSA) is 51.6 Å².